The van der Waals surface area contributed by atoms with Crippen LogP contribution in [0.15, 0.2) is 47.5 Å². The van der Waals surface area contributed by atoms with Crippen LogP contribution < -0.4 is 4.74 Å². The Morgan fingerprint density at radius 1 is 1.17 bits per heavy atom. The number of piperidine rings is 1. The van der Waals surface area contributed by atoms with Crippen molar-refractivity contribution in [2.45, 2.75) is 25.8 Å². The van der Waals surface area contributed by atoms with Crippen molar-refractivity contribution in [3.63, 3.8) is 0 Å². The average Bonchev–Trinajstić information content (AvgIpc) is 3.29. The molecular formula is C25H22F3IN4O2. The van der Waals surface area contributed by atoms with Crippen LogP contribution in [0, 0.1) is 27.9 Å². The fourth-order valence-corrected chi connectivity index (χ4v) is 5.08. The molecule has 1 atom stereocenters. The molecule has 10 heteroatoms. The third-order valence-electron chi connectivity index (χ3n) is 6.17. The molecule has 2 aliphatic heterocycles. The first kappa shape index (κ1) is 23.7. The molecule has 1 fully saturated rings. The summed E-state index contributed by atoms with van der Waals surface area (Å²) >= 11 is 2.28. The van der Waals surface area contributed by atoms with Crippen LogP contribution in [0.5, 0.6) is 5.75 Å². The van der Waals surface area contributed by atoms with Crippen molar-refractivity contribution in [1.82, 2.24) is 14.5 Å². The molecule has 0 saturated carbocycles. The Morgan fingerprint density at radius 3 is 2.63 bits per heavy atom. The summed E-state index contributed by atoms with van der Waals surface area (Å²) < 4.78 is 49.9. The van der Waals surface area contributed by atoms with Gasteiger partial charge in [0, 0.05) is 16.3 Å². The molecule has 6 nitrogen and oxygen atoms in total. The Hall–Kier alpha value is -3.02. The number of halogens is 4. The number of amidine groups is 1. The molecule has 0 N–H and O–H groups in total. The van der Waals surface area contributed by atoms with E-state index in [4.69, 9.17) is 9.57 Å². The van der Waals surface area contributed by atoms with Gasteiger partial charge in [0.25, 0.3) is 0 Å². The van der Waals surface area contributed by atoms with E-state index in [9.17, 15) is 13.2 Å². The van der Waals surface area contributed by atoms with Crippen LogP contribution in [0.2, 0.25) is 0 Å². The maximum atomic E-state index is 13.9. The van der Waals surface area contributed by atoms with Gasteiger partial charge in [-0.2, -0.15) is 0 Å². The first-order chi connectivity index (χ1) is 16.9. The number of ether oxygens (including phenoxy) is 1. The average molecular weight is 594 g/mol. The molecule has 182 valence electrons. The molecule has 3 heterocycles. The fraction of sp³-hybridized carbons (Fsp3) is 0.280. The summed E-state index contributed by atoms with van der Waals surface area (Å²) in [6.45, 7) is 2.69. The molecule has 1 aromatic heterocycles. The molecule has 5 rings (SSSR count). The summed E-state index contributed by atoms with van der Waals surface area (Å²) in [7, 11) is 1.62. The molecule has 2 aromatic carbocycles. The molecule has 0 unspecified atom stereocenters. The maximum Gasteiger partial charge on any atom is 0.194 e. The third-order valence-corrected chi connectivity index (χ3v) is 7.11. The predicted molar refractivity (Wildman–Crippen MR) is 134 cm³/mol. The van der Waals surface area contributed by atoms with E-state index < -0.39 is 23.5 Å². The Balaban J connectivity index is 1.50. The molecule has 1 saturated heterocycles. The number of oxime groups is 1. The van der Waals surface area contributed by atoms with Gasteiger partial charge in [-0.15, -0.1) is 0 Å². The normalized spacial score (nSPS) is 18.8. The molecule has 0 aliphatic carbocycles. The number of hydrogen-bond donors (Lipinski definition) is 0. The number of imidazole rings is 1. The van der Waals surface area contributed by atoms with Crippen LogP contribution in [-0.2, 0) is 4.84 Å². The van der Waals surface area contributed by atoms with Gasteiger partial charge in [0.05, 0.1) is 30.9 Å². The first-order valence-corrected chi connectivity index (χ1v) is 12.1. The maximum absolute atomic E-state index is 13.9. The van der Waals surface area contributed by atoms with Crippen molar-refractivity contribution in [3.8, 4) is 11.4 Å². The van der Waals surface area contributed by atoms with Gasteiger partial charge in [-0.25, -0.2) is 18.2 Å². The number of methoxy groups -OCH3 is 1. The number of aromatic nitrogens is 2. The van der Waals surface area contributed by atoms with Gasteiger partial charge < -0.3 is 19.0 Å². The Morgan fingerprint density at radius 2 is 1.94 bits per heavy atom. The quantitative estimate of drug-likeness (QED) is 0.284. The second-order valence-electron chi connectivity index (χ2n) is 8.46. The molecular weight excluding hydrogens is 572 g/mol. The zero-order chi connectivity index (χ0) is 24.7. The monoisotopic (exact) mass is 594 g/mol. The molecule has 35 heavy (non-hydrogen) atoms. The lowest BCUT2D eigenvalue weighted by Crippen LogP contribution is -2.44. The SMILES string of the molecule is COc1cc(/C=C2\CCCN3C2=NOC[C@@H]3c2cc(F)c(F)c(F)c2)c(I)cc1-n1cnc(C)c1. The highest BCUT2D eigenvalue weighted by Crippen LogP contribution is 2.35. The van der Waals surface area contributed by atoms with E-state index in [-0.39, 0.29) is 6.61 Å². The van der Waals surface area contributed by atoms with Crippen molar-refractivity contribution in [2.24, 2.45) is 5.16 Å². The number of nitrogens with zero attached hydrogens (tertiary/aromatic N) is 4. The molecule has 0 bridgehead atoms. The van der Waals surface area contributed by atoms with E-state index in [1.165, 1.54) is 0 Å². The summed E-state index contributed by atoms with van der Waals surface area (Å²) in [4.78, 5) is 11.7. The first-order valence-electron chi connectivity index (χ1n) is 11.1. The molecule has 2 aliphatic rings. The van der Waals surface area contributed by atoms with Crippen molar-refractivity contribution in [3.05, 3.63) is 80.2 Å². The highest BCUT2D eigenvalue weighted by molar-refractivity contribution is 14.1. The smallest absolute Gasteiger partial charge is 0.194 e. The van der Waals surface area contributed by atoms with Crippen LogP contribution >= 0.6 is 22.6 Å². The zero-order valence-corrected chi connectivity index (χ0v) is 21.2. The largest absolute Gasteiger partial charge is 0.495 e. The van der Waals surface area contributed by atoms with Gasteiger partial charge >= 0.3 is 0 Å². The van der Waals surface area contributed by atoms with Crippen molar-refractivity contribution < 1.29 is 22.7 Å². The standard InChI is InChI=1S/C25H22F3IN4O2/c1-14-11-32(13-30-14)21-10-20(29)16(9-23(21)34-2)6-15-4-3-5-33-22(12-35-31-25(15)33)17-7-18(26)24(28)19(27)8-17/h6-11,13,22H,3-5,12H2,1-2H3/b15-6+/t22-/m1/s1. The van der Waals surface area contributed by atoms with Gasteiger partial charge in [-0.05, 0) is 89.4 Å². The molecule has 0 spiro atoms. The lowest BCUT2D eigenvalue weighted by Gasteiger charge is -2.40. The minimum atomic E-state index is -1.48. The zero-order valence-electron chi connectivity index (χ0n) is 19.1. The Labute approximate surface area is 214 Å². The third kappa shape index (κ3) is 4.51. The van der Waals surface area contributed by atoms with Gasteiger partial charge in [0.1, 0.15) is 12.4 Å². The lowest BCUT2D eigenvalue weighted by atomic mass is 9.96. The van der Waals surface area contributed by atoms with Crippen molar-refractivity contribution >= 4 is 34.5 Å². The van der Waals surface area contributed by atoms with Crippen LogP contribution in [0.3, 0.4) is 0 Å². The van der Waals surface area contributed by atoms with E-state index in [2.05, 4.69) is 32.7 Å². The number of aryl methyl sites for hydroxylation is 1. The van der Waals surface area contributed by atoms with E-state index >= 15 is 0 Å². The second kappa shape index (κ2) is 9.56. The van der Waals surface area contributed by atoms with E-state index in [0.717, 1.165) is 51.1 Å². The van der Waals surface area contributed by atoms with Gasteiger partial charge in [-0.3, -0.25) is 0 Å². The molecule has 0 amide bonds. The van der Waals surface area contributed by atoms with E-state index in [1.54, 1.807) is 13.4 Å². The fourth-order valence-electron chi connectivity index (χ4n) is 4.47. The topological polar surface area (TPSA) is 51.9 Å². The number of benzene rings is 2. The number of fused-ring (bicyclic) bond motifs is 1. The summed E-state index contributed by atoms with van der Waals surface area (Å²) in [5.41, 5.74) is 3.98. The highest BCUT2D eigenvalue weighted by Gasteiger charge is 2.34. The summed E-state index contributed by atoms with van der Waals surface area (Å²) in [5.74, 6) is -2.60. The molecule has 3 aromatic rings. The summed E-state index contributed by atoms with van der Waals surface area (Å²) in [6, 6.07) is 5.57. The Kier molecular flexibility index (Phi) is 6.47. The molecule has 0 radical (unpaired) electrons. The van der Waals surface area contributed by atoms with Crippen molar-refractivity contribution in [1.29, 1.82) is 0 Å². The van der Waals surface area contributed by atoms with Crippen LogP contribution in [0.1, 0.15) is 35.7 Å². The summed E-state index contributed by atoms with van der Waals surface area (Å²) in [6.07, 6.45) is 7.30. The van der Waals surface area contributed by atoms with Gasteiger partial charge in [0.2, 0.25) is 0 Å². The van der Waals surface area contributed by atoms with Gasteiger partial charge in [0.15, 0.2) is 23.3 Å². The Bertz CT molecular complexity index is 1330. The number of hydrogen-bond acceptors (Lipinski definition) is 5. The van der Waals surface area contributed by atoms with Crippen LogP contribution in [-0.4, -0.2) is 40.5 Å². The predicted octanol–water partition coefficient (Wildman–Crippen LogP) is 5.78. The van der Waals surface area contributed by atoms with Crippen LogP contribution in [0.25, 0.3) is 11.8 Å². The second-order valence-corrected chi connectivity index (χ2v) is 9.62. The van der Waals surface area contributed by atoms with E-state index in [0.29, 0.717) is 23.7 Å². The highest BCUT2D eigenvalue weighted by atomic mass is 127. The van der Waals surface area contributed by atoms with Crippen molar-refractivity contribution in [2.75, 3.05) is 20.3 Å². The minimum Gasteiger partial charge on any atom is -0.495 e. The van der Waals surface area contributed by atoms with Gasteiger partial charge in [-0.1, -0.05) is 5.16 Å². The lowest BCUT2D eigenvalue weighted by molar-refractivity contribution is 0.0572. The minimum absolute atomic E-state index is 0.117. The van der Waals surface area contributed by atoms with Crippen LogP contribution in [0.4, 0.5) is 13.2 Å². The number of rotatable bonds is 4. The summed E-state index contributed by atoms with van der Waals surface area (Å²) in [5, 5.41) is 4.27. The van der Waals surface area contributed by atoms with E-state index in [1.807, 2.05) is 40.8 Å².